The van der Waals surface area contributed by atoms with Crippen molar-refractivity contribution in [1.29, 1.82) is 0 Å². The third kappa shape index (κ3) is 2.80. The van der Waals surface area contributed by atoms with Crippen LogP contribution in [0.2, 0.25) is 5.15 Å². The molecule has 0 spiro atoms. The maximum atomic E-state index is 6.03. The lowest BCUT2D eigenvalue weighted by molar-refractivity contribution is 0.227. The minimum absolute atomic E-state index is 0.415. The number of ether oxygens (including phenoxy) is 1. The topological polar surface area (TPSA) is 38.2 Å². The summed E-state index contributed by atoms with van der Waals surface area (Å²) < 4.78 is 5.75. The Morgan fingerprint density at radius 1 is 1.26 bits per heavy atom. The van der Waals surface area contributed by atoms with Crippen LogP contribution in [0, 0.1) is 0 Å². The smallest absolute Gasteiger partial charge is 0.241 e. The Morgan fingerprint density at radius 3 is 2.74 bits per heavy atom. The van der Waals surface area contributed by atoms with Crippen LogP contribution >= 0.6 is 11.6 Å². The Balaban J connectivity index is 1.72. The van der Waals surface area contributed by atoms with E-state index < -0.39 is 0 Å². The first kappa shape index (κ1) is 12.6. The van der Waals surface area contributed by atoms with Crippen LogP contribution in [-0.2, 0) is 0 Å². The van der Waals surface area contributed by atoms with Crippen molar-refractivity contribution in [2.45, 2.75) is 18.9 Å². The summed E-state index contributed by atoms with van der Waals surface area (Å²) in [6.45, 7) is 1.52. The van der Waals surface area contributed by atoms with Gasteiger partial charge < -0.3 is 9.64 Å². The number of likely N-dealkylation sites (N-methyl/N-ethyl adjacent to an activating group) is 1. The first-order valence-electron chi connectivity index (χ1n) is 6.49. The Kier molecular flexibility index (Phi) is 3.53. The molecule has 1 aromatic carbocycles. The van der Waals surface area contributed by atoms with Gasteiger partial charge >= 0.3 is 0 Å². The summed E-state index contributed by atoms with van der Waals surface area (Å²) in [4.78, 5) is 2.32. The summed E-state index contributed by atoms with van der Waals surface area (Å²) in [5.74, 6) is 0.559. The molecule has 0 unspecified atom stereocenters. The number of benzene rings is 1. The predicted octanol–water partition coefficient (Wildman–Crippen LogP) is 2.76. The molecule has 1 aliphatic rings. The quantitative estimate of drug-likeness (QED) is 0.842. The van der Waals surface area contributed by atoms with Crippen molar-refractivity contribution in [1.82, 2.24) is 15.1 Å². The minimum Gasteiger partial charge on any atom is -0.475 e. The van der Waals surface area contributed by atoms with Gasteiger partial charge in [0.1, 0.15) is 6.61 Å². The number of rotatable bonds is 5. The minimum atomic E-state index is 0.415. The summed E-state index contributed by atoms with van der Waals surface area (Å²) in [6.07, 6.45) is 2.61. The first-order valence-corrected chi connectivity index (χ1v) is 6.87. The molecule has 1 aliphatic carbocycles. The summed E-state index contributed by atoms with van der Waals surface area (Å²) in [7, 11) is 2.13. The molecule has 1 heterocycles. The van der Waals surface area contributed by atoms with Crippen LogP contribution in [-0.4, -0.2) is 41.3 Å². The molecule has 5 heteroatoms. The molecule has 4 nitrogen and oxygen atoms in total. The Labute approximate surface area is 117 Å². The predicted molar refractivity (Wildman–Crippen MR) is 75.7 cm³/mol. The molecule has 0 N–H and O–H groups in total. The molecule has 1 saturated carbocycles. The maximum absolute atomic E-state index is 6.03. The first-order chi connectivity index (χ1) is 9.25. The van der Waals surface area contributed by atoms with E-state index in [1.807, 2.05) is 24.3 Å². The molecule has 1 fully saturated rings. The molecule has 0 amide bonds. The van der Waals surface area contributed by atoms with E-state index in [0.29, 0.717) is 17.6 Å². The van der Waals surface area contributed by atoms with Crippen molar-refractivity contribution in [2.75, 3.05) is 20.2 Å². The highest BCUT2D eigenvalue weighted by Gasteiger charge is 2.25. The van der Waals surface area contributed by atoms with Gasteiger partial charge in [0.2, 0.25) is 5.88 Å². The molecule has 100 valence electrons. The van der Waals surface area contributed by atoms with Gasteiger partial charge in [0.15, 0.2) is 5.15 Å². The van der Waals surface area contributed by atoms with E-state index >= 15 is 0 Å². The van der Waals surface area contributed by atoms with Crippen LogP contribution in [0.15, 0.2) is 24.3 Å². The van der Waals surface area contributed by atoms with Crippen LogP contribution in [0.1, 0.15) is 12.8 Å². The average Bonchev–Trinajstić information content (AvgIpc) is 3.26. The SMILES string of the molecule is CN(CCOc1nnc(Cl)c2ccccc12)C1CC1. The highest BCUT2D eigenvalue weighted by molar-refractivity contribution is 6.34. The number of nitrogens with zero attached hydrogens (tertiary/aromatic N) is 3. The average molecular weight is 278 g/mol. The normalized spacial score (nSPS) is 15.1. The zero-order valence-electron chi connectivity index (χ0n) is 10.8. The summed E-state index contributed by atoms with van der Waals surface area (Å²) in [5, 5.41) is 10.2. The molecule has 3 rings (SSSR count). The van der Waals surface area contributed by atoms with E-state index in [1.165, 1.54) is 12.8 Å². The van der Waals surface area contributed by atoms with Crippen LogP contribution < -0.4 is 4.74 Å². The number of aromatic nitrogens is 2. The van der Waals surface area contributed by atoms with E-state index in [2.05, 4.69) is 22.1 Å². The summed E-state index contributed by atoms with van der Waals surface area (Å²) in [6, 6.07) is 8.51. The van der Waals surface area contributed by atoms with E-state index in [-0.39, 0.29) is 0 Å². The van der Waals surface area contributed by atoms with Crippen molar-refractivity contribution < 1.29 is 4.74 Å². The zero-order chi connectivity index (χ0) is 13.2. The number of fused-ring (bicyclic) bond motifs is 1. The van der Waals surface area contributed by atoms with Crippen molar-refractivity contribution in [3.8, 4) is 5.88 Å². The van der Waals surface area contributed by atoms with E-state index in [4.69, 9.17) is 16.3 Å². The summed E-state index contributed by atoms with van der Waals surface area (Å²) >= 11 is 6.03. The molecular formula is C14H16ClN3O. The van der Waals surface area contributed by atoms with Crippen molar-refractivity contribution in [3.05, 3.63) is 29.4 Å². The second kappa shape index (κ2) is 5.31. The Bertz CT molecular complexity index is 586. The fourth-order valence-electron chi connectivity index (χ4n) is 2.14. The lowest BCUT2D eigenvalue weighted by atomic mass is 10.2. The van der Waals surface area contributed by atoms with Crippen molar-refractivity contribution in [2.24, 2.45) is 0 Å². The van der Waals surface area contributed by atoms with Crippen molar-refractivity contribution in [3.63, 3.8) is 0 Å². The monoisotopic (exact) mass is 277 g/mol. The third-order valence-corrected chi connectivity index (χ3v) is 3.74. The molecule has 19 heavy (non-hydrogen) atoms. The highest BCUT2D eigenvalue weighted by atomic mass is 35.5. The summed E-state index contributed by atoms with van der Waals surface area (Å²) in [5.41, 5.74) is 0. The highest BCUT2D eigenvalue weighted by Crippen LogP contribution is 2.27. The van der Waals surface area contributed by atoms with Gasteiger partial charge in [-0.2, -0.15) is 0 Å². The van der Waals surface area contributed by atoms with E-state index in [0.717, 1.165) is 23.4 Å². The van der Waals surface area contributed by atoms with Gasteiger partial charge in [-0.3, -0.25) is 0 Å². The van der Waals surface area contributed by atoms with Gasteiger partial charge in [0.25, 0.3) is 0 Å². The van der Waals surface area contributed by atoms with Gasteiger partial charge in [-0.15, -0.1) is 10.2 Å². The van der Waals surface area contributed by atoms with Crippen LogP contribution in [0.3, 0.4) is 0 Å². The second-order valence-corrected chi connectivity index (χ2v) is 5.26. The Morgan fingerprint density at radius 2 is 2.00 bits per heavy atom. The van der Waals surface area contributed by atoms with E-state index in [1.54, 1.807) is 0 Å². The molecule has 0 aliphatic heterocycles. The molecule has 0 bridgehead atoms. The van der Waals surface area contributed by atoms with Crippen molar-refractivity contribution >= 4 is 22.4 Å². The second-order valence-electron chi connectivity index (χ2n) is 4.90. The van der Waals surface area contributed by atoms with Crippen LogP contribution in [0.5, 0.6) is 5.88 Å². The zero-order valence-corrected chi connectivity index (χ0v) is 11.6. The number of halogens is 1. The molecular weight excluding hydrogens is 262 g/mol. The lowest BCUT2D eigenvalue weighted by Crippen LogP contribution is -2.26. The van der Waals surface area contributed by atoms with Gasteiger partial charge in [-0.1, -0.05) is 29.8 Å². The standard InChI is InChI=1S/C14H16ClN3O/c1-18(10-6-7-10)8-9-19-14-12-5-3-2-4-11(12)13(15)16-17-14/h2-5,10H,6-9H2,1H3. The molecule has 0 saturated heterocycles. The maximum Gasteiger partial charge on any atom is 0.241 e. The third-order valence-electron chi connectivity index (χ3n) is 3.46. The molecule has 2 aromatic rings. The molecule has 0 atom stereocenters. The molecule has 0 radical (unpaired) electrons. The van der Waals surface area contributed by atoms with Crippen LogP contribution in [0.25, 0.3) is 10.8 Å². The van der Waals surface area contributed by atoms with Gasteiger partial charge in [0.05, 0.1) is 0 Å². The fraction of sp³-hybridized carbons (Fsp3) is 0.429. The fourth-order valence-corrected chi connectivity index (χ4v) is 2.34. The largest absolute Gasteiger partial charge is 0.475 e. The lowest BCUT2D eigenvalue weighted by Gasteiger charge is -2.15. The number of hydrogen-bond donors (Lipinski definition) is 0. The number of hydrogen-bond acceptors (Lipinski definition) is 4. The van der Waals surface area contributed by atoms with Gasteiger partial charge in [-0.25, -0.2) is 0 Å². The van der Waals surface area contributed by atoms with Gasteiger partial charge in [0, 0.05) is 23.4 Å². The van der Waals surface area contributed by atoms with E-state index in [9.17, 15) is 0 Å². The Hall–Kier alpha value is -1.39. The van der Waals surface area contributed by atoms with Crippen LogP contribution in [0.4, 0.5) is 0 Å². The molecule has 1 aromatic heterocycles. The van der Waals surface area contributed by atoms with Gasteiger partial charge in [-0.05, 0) is 26.0 Å².